The van der Waals surface area contributed by atoms with Crippen molar-refractivity contribution in [1.29, 1.82) is 0 Å². The van der Waals surface area contributed by atoms with Crippen molar-refractivity contribution in [3.8, 4) is 11.8 Å². The molecule has 0 bridgehead atoms. The first-order chi connectivity index (χ1) is 42.9. The zero-order chi connectivity index (χ0) is 65.3. The van der Waals surface area contributed by atoms with Crippen molar-refractivity contribution in [2.75, 3.05) is 47.8 Å². The fourth-order valence-corrected chi connectivity index (χ4v) is 9.56. The van der Waals surface area contributed by atoms with Crippen LogP contribution in [-0.4, -0.2) is 107 Å². The molecule has 10 aromatic rings. The van der Waals surface area contributed by atoms with Crippen LogP contribution < -0.4 is 19.6 Å². The molecule has 0 aliphatic rings. The van der Waals surface area contributed by atoms with Gasteiger partial charge in [0.2, 0.25) is 45.7 Å². The highest BCUT2D eigenvalue weighted by Crippen LogP contribution is 2.33. The van der Waals surface area contributed by atoms with Crippen LogP contribution in [0.5, 0.6) is 0 Å². The molecule has 0 aliphatic heterocycles. The molecular formula is C60H62Cl2N20O8. The van der Waals surface area contributed by atoms with E-state index in [9.17, 15) is 40.5 Å². The first kappa shape index (κ1) is 66.5. The van der Waals surface area contributed by atoms with Crippen LogP contribution >= 0.6 is 23.2 Å². The van der Waals surface area contributed by atoms with Crippen LogP contribution in [0, 0.1) is 82.0 Å². The summed E-state index contributed by atoms with van der Waals surface area (Å²) in [5.74, 6) is 3.41. The first-order valence-electron chi connectivity index (χ1n) is 27.4. The summed E-state index contributed by atoms with van der Waals surface area (Å²) in [5, 5.41) is 44.7. The average Bonchev–Trinajstić information content (AvgIpc) is 1.25. The van der Waals surface area contributed by atoms with Crippen molar-refractivity contribution >= 4 is 69.5 Å². The lowest BCUT2D eigenvalue weighted by atomic mass is 10.2. The Balaban J connectivity index is 0.000000176. The molecule has 6 aromatic heterocycles. The summed E-state index contributed by atoms with van der Waals surface area (Å²) in [6.07, 6.45) is 6.62. The Hall–Kier alpha value is -11.0. The molecule has 10 rings (SSSR count). The number of anilines is 4. The van der Waals surface area contributed by atoms with Crippen molar-refractivity contribution in [2.24, 2.45) is 0 Å². The molecular weight excluding hydrogens is 1200 g/mol. The van der Waals surface area contributed by atoms with Crippen LogP contribution in [0.4, 0.5) is 46.3 Å². The van der Waals surface area contributed by atoms with Crippen molar-refractivity contribution in [2.45, 2.75) is 67.7 Å². The summed E-state index contributed by atoms with van der Waals surface area (Å²) in [6.45, 7) is 12.2. The standard InChI is InChI=1S/C21H23N5O2.2C17H18N6O2.C5H3Cl2N3O2/c1-16-19(26(27)28)20(24(2)14-17-10-6-4-7-11-17)23-21(22-16)25(3)15-18-12-8-5-9-13-18;1-12-15(23(24)25)16(22-10-9-18-13(22)2)20-17(19-12)21(3)11-14-7-5-4-6-8-14;1-12-15(23(24)25)16(21(3)11-14-7-5-4-6-8-14)20-17(19-12)22-10-9-18-13(22)2;1-2-3(10(11)12)4(6)9-5(7)8-2/h4-13H,14-15H2,1-3H3;2*4-10H,11H2,1-3H3;1H3. The van der Waals surface area contributed by atoms with E-state index in [-0.39, 0.29) is 50.5 Å². The van der Waals surface area contributed by atoms with E-state index in [4.69, 9.17) is 23.2 Å². The number of nitrogens with zero attached hydrogens (tertiary/aromatic N) is 20. The first-order valence-corrected chi connectivity index (χ1v) is 28.1. The smallest absolute Gasteiger partial charge is 0.333 e. The Morgan fingerprint density at radius 2 is 0.744 bits per heavy atom. The predicted octanol–water partition coefficient (Wildman–Crippen LogP) is 11.6. The number of aromatic nitrogens is 12. The van der Waals surface area contributed by atoms with Gasteiger partial charge in [-0.05, 0) is 75.4 Å². The SMILES string of the molecule is Cc1nc(-n2ccnc2C)nc(N(C)Cc2ccccc2)c1[N+](=O)[O-].Cc1nc(Cl)nc(Cl)c1[N+](=O)[O-].Cc1nc(N(C)Cc2ccccc2)nc(-n2ccnc2C)c1[N+](=O)[O-].Cc1nc(N(C)Cc2ccccc2)nc(N(C)Cc2ccccc2)c1[N+](=O)[O-]. The van der Waals surface area contributed by atoms with Gasteiger partial charge in [-0.1, -0.05) is 133 Å². The summed E-state index contributed by atoms with van der Waals surface area (Å²) in [4.78, 5) is 92.2. The van der Waals surface area contributed by atoms with Gasteiger partial charge in [-0.15, -0.1) is 0 Å². The van der Waals surface area contributed by atoms with Gasteiger partial charge in [0.1, 0.15) is 34.4 Å². The lowest BCUT2D eigenvalue weighted by molar-refractivity contribution is -0.386. The second-order valence-corrected chi connectivity index (χ2v) is 20.8. The molecule has 0 unspecified atom stereocenters. The minimum Gasteiger partial charge on any atom is -0.349 e. The molecule has 4 aromatic carbocycles. The summed E-state index contributed by atoms with van der Waals surface area (Å²) >= 11 is 10.9. The Morgan fingerprint density at radius 3 is 1.12 bits per heavy atom. The minimum absolute atomic E-state index is 0.0599. The molecule has 30 heteroatoms. The van der Waals surface area contributed by atoms with Crippen molar-refractivity contribution in [3.05, 3.63) is 254 Å². The summed E-state index contributed by atoms with van der Waals surface area (Å²) in [6, 6.07) is 39.4. The summed E-state index contributed by atoms with van der Waals surface area (Å²) in [7, 11) is 7.34. The predicted molar refractivity (Wildman–Crippen MR) is 342 cm³/mol. The van der Waals surface area contributed by atoms with Gasteiger partial charge in [-0.25, -0.2) is 29.9 Å². The Morgan fingerprint density at radius 1 is 0.400 bits per heavy atom. The van der Waals surface area contributed by atoms with Gasteiger partial charge in [-0.3, -0.25) is 49.6 Å². The number of imidazole rings is 2. The van der Waals surface area contributed by atoms with E-state index in [2.05, 4.69) is 49.8 Å². The van der Waals surface area contributed by atoms with Gasteiger partial charge in [0.15, 0.2) is 0 Å². The molecule has 0 N–H and O–H groups in total. The highest BCUT2D eigenvalue weighted by molar-refractivity contribution is 6.33. The third-order valence-corrected chi connectivity index (χ3v) is 13.8. The molecule has 28 nitrogen and oxygen atoms in total. The highest BCUT2D eigenvalue weighted by Gasteiger charge is 2.29. The maximum absolute atomic E-state index is 11.7. The second-order valence-electron chi connectivity index (χ2n) is 20.1. The fraction of sp³-hybridized carbons (Fsp3) is 0.233. The fourth-order valence-electron chi connectivity index (χ4n) is 9.02. The van der Waals surface area contributed by atoms with Crippen molar-refractivity contribution in [3.63, 3.8) is 0 Å². The zero-order valence-corrected chi connectivity index (χ0v) is 52.2. The number of rotatable bonds is 18. The van der Waals surface area contributed by atoms with E-state index in [0.717, 1.165) is 22.3 Å². The van der Waals surface area contributed by atoms with E-state index in [1.54, 1.807) is 78.5 Å². The molecule has 0 radical (unpaired) electrons. The molecule has 0 spiro atoms. The van der Waals surface area contributed by atoms with Gasteiger partial charge in [0, 0.05) is 79.2 Å². The number of aryl methyl sites for hydroxylation is 6. The maximum atomic E-state index is 11.7. The third kappa shape index (κ3) is 17.2. The van der Waals surface area contributed by atoms with E-state index in [1.807, 2.05) is 159 Å². The van der Waals surface area contributed by atoms with Crippen LogP contribution in [0.3, 0.4) is 0 Å². The minimum atomic E-state index is -0.645. The highest BCUT2D eigenvalue weighted by atomic mass is 35.5. The van der Waals surface area contributed by atoms with Crippen LogP contribution in [-0.2, 0) is 26.2 Å². The van der Waals surface area contributed by atoms with Crippen molar-refractivity contribution in [1.82, 2.24) is 59.0 Å². The largest absolute Gasteiger partial charge is 0.349 e. The average molecular weight is 1260 g/mol. The molecule has 0 saturated carbocycles. The topological polar surface area (TPSA) is 324 Å². The third-order valence-electron chi connectivity index (χ3n) is 13.4. The second kappa shape index (κ2) is 30.6. The van der Waals surface area contributed by atoms with E-state index in [0.29, 0.717) is 78.6 Å². The normalized spacial score (nSPS) is 10.5. The van der Waals surface area contributed by atoms with Crippen LogP contribution in [0.25, 0.3) is 11.8 Å². The lowest BCUT2D eigenvalue weighted by Gasteiger charge is -2.22. The molecule has 0 atom stereocenters. The van der Waals surface area contributed by atoms with Gasteiger partial charge in [0.25, 0.3) is 0 Å². The quantitative estimate of drug-likeness (QED) is 0.0333. The Bertz CT molecular complexity index is 4110. The summed E-state index contributed by atoms with van der Waals surface area (Å²) < 4.78 is 3.31. The number of hydrogen-bond acceptors (Lipinski definition) is 22. The van der Waals surface area contributed by atoms with Gasteiger partial charge >= 0.3 is 22.7 Å². The van der Waals surface area contributed by atoms with Gasteiger partial charge in [-0.2, -0.15) is 19.9 Å². The molecule has 464 valence electrons. The van der Waals surface area contributed by atoms with Gasteiger partial charge in [0.05, 0.1) is 19.7 Å². The Kier molecular flexibility index (Phi) is 22.6. The molecule has 0 aliphatic carbocycles. The van der Waals surface area contributed by atoms with E-state index < -0.39 is 19.7 Å². The molecule has 0 amide bonds. The number of nitro groups is 4. The van der Waals surface area contributed by atoms with Crippen molar-refractivity contribution < 1.29 is 19.7 Å². The number of halogens is 2. The summed E-state index contributed by atoms with van der Waals surface area (Å²) in [5.41, 5.74) is 4.89. The van der Waals surface area contributed by atoms with Crippen LogP contribution in [0.1, 0.15) is 56.7 Å². The Labute approximate surface area is 526 Å². The zero-order valence-electron chi connectivity index (χ0n) is 50.7. The monoisotopic (exact) mass is 1260 g/mol. The molecule has 6 heterocycles. The molecule has 0 fully saturated rings. The maximum Gasteiger partial charge on any atom is 0.333 e. The number of hydrogen-bond donors (Lipinski definition) is 0. The van der Waals surface area contributed by atoms with E-state index in [1.165, 1.54) is 6.92 Å². The molecule has 0 saturated heterocycles. The lowest BCUT2D eigenvalue weighted by Crippen LogP contribution is -2.24. The van der Waals surface area contributed by atoms with E-state index >= 15 is 0 Å². The van der Waals surface area contributed by atoms with Gasteiger partial charge < -0.3 is 19.6 Å². The van der Waals surface area contributed by atoms with Crippen LogP contribution in [0.2, 0.25) is 10.4 Å². The number of benzene rings is 4. The molecule has 90 heavy (non-hydrogen) atoms. The van der Waals surface area contributed by atoms with Crippen LogP contribution in [0.15, 0.2) is 146 Å².